The van der Waals surface area contributed by atoms with Gasteiger partial charge < -0.3 is 4.74 Å². The summed E-state index contributed by atoms with van der Waals surface area (Å²) in [6, 6.07) is 6.79. The Morgan fingerprint density at radius 1 is 1.00 bits per heavy atom. The second kappa shape index (κ2) is 16.7. The first kappa shape index (κ1) is 25.5. The third kappa shape index (κ3) is 12.8. The van der Waals surface area contributed by atoms with Crippen molar-refractivity contribution in [2.75, 3.05) is 0 Å². The maximum atomic E-state index is 11.1. The van der Waals surface area contributed by atoms with E-state index in [1.165, 1.54) is 38.5 Å². The second-order valence-corrected chi connectivity index (χ2v) is 15.6. The maximum absolute atomic E-state index is 11.1. The van der Waals surface area contributed by atoms with Crippen LogP contribution in [0.5, 0.6) is 5.75 Å². The number of hydrogen-bond acceptors (Lipinski definition) is 2. The number of ether oxygens (including phenoxy) is 1. The van der Waals surface area contributed by atoms with Crippen molar-refractivity contribution in [3.05, 3.63) is 41.4 Å². The van der Waals surface area contributed by atoms with Crippen molar-refractivity contribution in [3.63, 3.8) is 0 Å². The number of para-hydroxylation sites is 1. The van der Waals surface area contributed by atoms with Gasteiger partial charge in [0.1, 0.15) is 5.75 Å². The molecular weight excluding hydrogens is 450 g/mol. The Morgan fingerprint density at radius 2 is 1.46 bits per heavy atom. The van der Waals surface area contributed by atoms with E-state index in [0.717, 1.165) is 0 Å². The van der Waals surface area contributed by atoms with Crippen LogP contribution in [0.4, 0.5) is 0 Å². The molecule has 0 aliphatic heterocycles. The summed E-state index contributed by atoms with van der Waals surface area (Å²) < 4.78 is 9.97. The van der Waals surface area contributed by atoms with Gasteiger partial charge in [-0.25, -0.2) is 4.79 Å². The van der Waals surface area contributed by atoms with Gasteiger partial charge in [0.25, 0.3) is 0 Å². The van der Waals surface area contributed by atoms with Crippen molar-refractivity contribution in [1.29, 1.82) is 0 Å². The fraction of sp³-hybridized carbons (Fsp3) is 0.591. The molecule has 147 valence electrons. The molecule has 1 aromatic carbocycles. The summed E-state index contributed by atoms with van der Waals surface area (Å²) in [5, 5.41) is 0.414. The summed E-state index contributed by atoms with van der Waals surface area (Å²) in [4.78, 5) is 11.1. The molecule has 0 spiro atoms. The van der Waals surface area contributed by atoms with Crippen LogP contribution in [0.3, 0.4) is 0 Å². The average molecular weight is 487 g/mol. The zero-order valence-corrected chi connectivity index (χ0v) is 20.7. The van der Waals surface area contributed by atoms with Crippen molar-refractivity contribution in [1.82, 2.24) is 0 Å². The summed E-state index contributed by atoms with van der Waals surface area (Å²) in [6.07, 6.45) is 8.85. The molecule has 0 saturated carbocycles. The molecule has 0 N–H and O–H groups in total. The molecular formula is C22H36ClO2Sn. The molecule has 0 amide bonds. The van der Waals surface area contributed by atoms with E-state index in [2.05, 4.69) is 27.4 Å². The fourth-order valence-electron chi connectivity index (χ4n) is 2.37. The van der Waals surface area contributed by atoms with Crippen molar-refractivity contribution in [2.45, 2.75) is 79.5 Å². The predicted molar refractivity (Wildman–Crippen MR) is 117 cm³/mol. The molecule has 1 aromatic rings. The van der Waals surface area contributed by atoms with Crippen LogP contribution < -0.4 is 4.74 Å². The standard InChI is InChI=1S/C10H9ClO2.3C4H9.Sn/c1-7(2)10(12)13-9-6-4-3-5-8(9)11;3*1-3-4-2;/h3-6H,1H2,2H3;3*1,3-4H2,2H3;. The van der Waals surface area contributed by atoms with E-state index in [9.17, 15) is 4.79 Å². The van der Waals surface area contributed by atoms with E-state index in [1.807, 2.05) is 0 Å². The molecule has 0 unspecified atom stereocenters. The van der Waals surface area contributed by atoms with Gasteiger partial charge in [-0.15, -0.1) is 0 Å². The number of rotatable bonds is 11. The quantitative estimate of drug-likeness (QED) is 0.139. The first-order valence-corrected chi connectivity index (χ1v) is 16.3. The van der Waals surface area contributed by atoms with E-state index in [1.54, 1.807) is 44.5 Å². The van der Waals surface area contributed by atoms with Gasteiger partial charge in [0.2, 0.25) is 0 Å². The topological polar surface area (TPSA) is 26.3 Å². The van der Waals surface area contributed by atoms with Crippen molar-refractivity contribution in [3.8, 4) is 5.75 Å². The van der Waals surface area contributed by atoms with Gasteiger partial charge in [-0.1, -0.05) is 30.3 Å². The van der Waals surface area contributed by atoms with Crippen LogP contribution in [-0.4, -0.2) is 25.7 Å². The molecule has 0 bridgehead atoms. The molecule has 0 saturated heterocycles. The summed E-state index contributed by atoms with van der Waals surface area (Å²) in [5.74, 6) is -0.106. The Labute approximate surface area is 173 Å². The van der Waals surface area contributed by atoms with Crippen molar-refractivity contribution >= 4 is 37.3 Å². The molecule has 26 heavy (non-hydrogen) atoms. The van der Waals surface area contributed by atoms with Crippen LogP contribution in [0.1, 0.15) is 66.2 Å². The van der Waals surface area contributed by atoms with Gasteiger partial charge in [0.05, 0.1) is 5.02 Å². The van der Waals surface area contributed by atoms with Gasteiger partial charge in [-0.05, 0) is 19.1 Å². The molecule has 0 aromatic heterocycles. The number of carbonyl (C=O) groups is 1. The van der Waals surface area contributed by atoms with Gasteiger partial charge in [-0.2, -0.15) is 0 Å². The first-order chi connectivity index (χ1) is 12.5. The molecule has 0 aliphatic rings. The number of hydrogen-bond donors (Lipinski definition) is 0. The number of unbranched alkanes of at least 4 members (excludes halogenated alkanes) is 3. The SMILES string of the molecule is C=C(C)C(=O)Oc1ccccc1Cl.CCC[CH2][Sn]([CH2]CCC)[CH2]CCC. The van der Waals surface area contributed by atoms with Crippen LogP contribution in [0.15, 0.2) is 36.4 Å². The molecule has 0 fully saturated rings. The van der Waals surface area contributed by atoms with E-state index < -0.39 is 25.7 Å². The minimum absolute atomic E-state index is 0.347. The molecule has 1 rings (SSSR count). The average Bonchev–Trinajstić information content (AvgIpc) is 2.63. The van der Waals surface area contributed by atoms with E-state index >= 15 is 0 Å². The van der Waals surface area contributed by atoms with Gasteiger partial charge in [0.15, 0.2) is 0 Å². The third-order valence-electron chi connectivity index (χ3n) is 4.04. The Hall–Kier alpha value is -0.481. The number of carbonyl (C=O) groups excluding carboxylic acids is 1. The van der Waals surface area contributed by atoms with E-state index in [0.29, 0.717) is 16.3 Å². The monoisotopic (exact) mass is 487 g/mol. The van der Waals surface area contributed by atoms with Crippen molar-refractivity contribution in [2.24, 2.45) is 0 Å². The Kier molecular flexibility index (Phi) is 16.4. The van der Waals surface area contributed by atoms with Crippen LogP contribution >= 0.6 is 11.6 Å². The van der Waals surface area contributed by atoms with Gasteiger partial charge in [0, 0.05) is 5.57 Å². The zero-order valence-electron chi connectivity index (χ0n) is 17.1. The fourth-order valence-corrected chi connectivity index (χ4v) is 12.0. The number of esters is 1. The van der Waals surface area contributed by atoms with Crippen LogP contribution in [0.2, 0.25) is 18.3 Å². The molecule has 2 nitrogen and oxygen atoms in total. The number of benzene rings is 1. The van der Waals surface area contributed by atoms with E-state index in [4.69, 9.17) is 16.3 Å². The van der Waals surface area contributed by atoms with E-state index in [-0.39, 0.29) is 0 Å². The summed E-state index contributed by atoms with van der Waals surface area (Å²) in [6.45, 7) is 12.0. The molecule has 0 atom stereocenters. The zero-order chi connectivity index (χ0) is 19.8. The molecule has 0 heterocycles. The van der Waals surface area contributed by atoms with Crippen LogP contribution in [-0.2, 0) is 4.79 Å². The Bertz CT molecular complexity index is 498. The van der Waals surface area contributed by atoms with Crippen molar-refractivity contribution < 1.29 is 9.53 Å². The Morgan fingerprint density at radius 3 is 1.85 bits per heavy atom. The molecule has 1 radical (unpaired) electrons. The summed E-state index contributed by atoms with van der Waals surface area (Å²) in [5.41, 5.74) is 0.347. The van der Waals surface area contributed by atoms with Crippen LogP contribution in [0, 0.1) is 0 Å². The second-order valence-electron chi connectivity index (χ2n) is 6.66. The van der Waals surface area contributed by atoms with Gasteiger partial charge in [-0.3, -0.25) is 0 Å². The minimum atomic E-state index is -0.839. The molecule has 0 aliphatic carbocycles. The third-order valence-corrected chi connectivity index (χ3v) is 13.4. The number of halogens is 1. The summed E-state index contributed by atoms with van der Waals surface area (Å²) in [7, 11) is 0. The first-order valence-electron chi connectivity index (χ1n) is 9.91. The Balaban J connectivity index is 0.000000481. The van der Waals surface area contributed by atoms with Crippen LogP contribution in [0.25, 0.3) is 0 Å². The summed E-state index contributed by atoms with van der Waals surface area (Å²) >= 11 is 4.93. The normalized spacial score (nSPS) is 10.2. The predicted octanol–water partition coefficient (Wildman–Crippen LogP) is 7.70. The molecule has 4 heteroatoms. The van der Waals surface area contributed by atoms with Gasteiger partial charge >= 0.3 is 98.3 Å².